The van der Waals surface area contributed by atoms with Crippen molar-refractivity contribution in [3.8, 4) is 0 Å². The van der Waals surface area contributed by atoms with E-state index in [1.807, 2.05) is 0 Å². The number of rotatable bonds is 35. The van der Waals surface area contributed by atoms with Gasteiger partial charge in [-0.1, -0.05) is 147 Å². The number of allylic oxidation sites excluding steroid dienone is 5. The molecule has 1 rings (SSSR count). The quantitative estimate of drug-likeness (QED) is 0.0187. The second-order valence-electron chi connectivity index (χ2n) is 15.7. The van der Waals surface area contributed by atoms with Crippen molar-refractivity contribution < 1.29 is 59.0 Å². The Morgan fingerprint density at radius 1 is 0.632 bits per heavy atom. The highest BCUT2D eigenvalue weighted by atomic mass is 31.2. The molecule has 0 aliphatic heterocycles. The lowest BCUT2D eigenvalue weighted by molar-refractivity contribution is -0.220. The molecule has 0 heterocycles. The lowest BCUT2D eigenvalue weighted by atomic mass is 9.85. The molecule has 1 saturated carbocycles. The zero-order valence-electron chi connectivity index (χ0n) is 35.0. The Labute approximate surface area is 343 Å². The molecule has 0 aromatic rings. The Morgan fingerprint density at radius 2 is 1.07 bits per heavy atom. The Balaban J connectivity index is 2.59. The van der Waals surface area contributed by atoms with Crippen LogP contribution in [0.5, 0.6) is 0 Å². The number of aliphatic hydroxyl groups is 7. The van der Waals surface area contributed by atoms with E-state index >= 15 is 0 Å². The molecule has 1 aliphatic rings. The third-order valence-corrected chi connectivity index (χ3v) is 11.5. The van der Waals surface area contributed by atoms with Gasteiger partial charge in [-0.05, 0) is 51.4 Å². The van der Waals surface area contributed by atoms with E-state index in [2.05, 4.69) is 43.5 Å². The Hall–Kier alpha value is -1.48. The summed E-state index contributed by atoms with van der Waals surface area (Å²) in [6.45, 7) is 3.68. The molecular formula is C43H80NO12P. The largest absolute Gasteiger partial charge is 0.472 e. The molecule has 334 valence electrons. The van der Waals surface area contributed by atoms with E-state index in [4.69, 9.17) is 9.05 Å². The van der Waals surface area contributed by atoms with E-state index in [-0.39, 0.29) is 6.42 Å². The van der Waals surface area contributed by atoms with Crippen LogP contribution >= 0.6 is 7.82 Å². The Kier molecular flexibility index (Phi) is 31.2. The van der Waals surface area contributed by atoms with Gasteiger partial charge in [0.2, 0.25) is 5.91 Å². The topological polar surface area (TPSA) is 226 Å². The van der Waals surface area contributed by atoms with Crippen LogP contribution < -0.4 is 5.32 Å². The van der Waals surface area contributed by atoms with Crippen molar-refractivity contribution in [1.29, 1.82) is 0 Å². The van der Waals surface area contributed by atoms with Crippen LogP contribution in [0.25, 0.3) is 0 Å². The summed E-state index contributed by atoms with van der Waals surface area (Å²) in [5.74, 6) is -0.604. The molecule has 0 bridgehead atoms. The fourth-order valence-corrected chi connectivity index (χ4v) is 7.77. The van der Waals surface area contributed by atoms with Gasteiger partial charge in [0.15, 0.2) is 0 Å². The SMILES string of the molecule is CCCCC/C=C\C/C=C\CCCCCCCC(O)CC(=O)NC(COP(=O)(O)OC1C(O)C(O)C(O)C(O)C1O)C(O)/C=C/CCCCCCCCCCCC. The summed E-state index contributed by atoms with van der Waals surface area (Å²) in [5.41, 5.74) is 0. The van der Waals surface area contributed by atoms with E-state index in [0.29, 0.717) is 12.8 Å². The standard InChI is InChI=1S/C43H80NO12P/c1-3-5-7-9-11-13-15-17-18-19-20-22-24-26-28-30-34(45)32-37(47)44-35(36(46)31-29-27-25-23-21-16-14-12-10-8-6-4-2)33-55-57(53,54)56-43-41(51)39(49)38(48)40(50)42(43)52/h11,13,17-18,29,31,34-36,38-43,45-46,48-52H,3-10,12,14-16,19-28,30,32-33H2,1-2H3,(H,44,47)(H,53,54)/b13-11-,18-17-,31-29+. The molecule has 0 aromatic carbocycles. The normalized spacial score (nSPS) is 24.3. The number of carbonyl (C=O) groups is 1. The van der Waals surface area contributed by atoms with Crippen molar-refractivity contribution in [3.05, 3.63) is 36.5 Å². The van der Waals surface area contributed by atoms with Gasteiger partial charge < -0.3 is 46.0 Å². The average molecular weight is 834 g/mol. The summed E-state index contributed by atoms with van der Waals surface area (Å²) in [6.07, 6.45) is 22.4. The van der Waals surface area contributed by atoms with Crippen LogP contribution in [0.4, 0.5) is 0 Å². The van der Waals surface area contributed by atoms with Crippen LogP contribution in [0.2, 0.25) is 0 Å². The van der Waals surface area contributed by atoms with Gasteiger partial charge in [0.1, 0.15) is 36.6 Å². The third-order valence-electron chi connectivity index (χ3n) is 10.5. The first-order valence-corrected chi connectivity index (χ1v) is 23.5. The lowest BCUT2D eigenvalue weighted by Gasteiger charge is -2.41. The number of aliphatic hydroxyl groups excluding tert-OH is 7. The zero-order chi connectivity index (χ0) is 42.3. The van der Waals surface area contributed by atoms with Crippen molar-refractivity contribution in [1.82, 2.24) is 5.32 Å². The molecule has 1 fully saturated rings. The van der Waals surface area contributed by atoms with E-state index in [9.17, 15) is 50.0 Å². The number of hydrogen-bond acceptors (Lipinski definition) is 11. The van der Waals surface area contributed by atoms with Crippen molar-refractivity contribution in [2.45, 2.75) is 223 Å². The summed E-state index contributed by atoms with van der Waals surface area (Å²) >= 11 is 0. The highest BCUT2D eigenvalue weighted by Crippen LogP contribution is 2.47. The van der Waals surface area contributed by atoms with Crippen LogP contribution in [0.15, 0.2) is 36.5 Å². The summed E-state index contributed by atoms with van der Waals surface area (Å²) in [7, 11) is -5.14. The van der Waals surface area contributed by atoms with Crippen molar-refractivity contribution in [3.63, 3.8) is 0 Å². The van der Waals surface area contributed by atoms with Crippen molar-refractivity contribution in [2.75, 3.05) is 6.61 Å². The second kappa shape index (κ2) is 33.3. The second-order valence-corrected chi connectivity index (χ2v) is 17.1. The van der Waals surface area contributed by atoms with Crippen LogP contribution in [0.1, 0.15) is 168 Å². The van der Waals surface area contributed by atoms with Crippen LogP contribution in [-0.2, 0) is 18.4 Å². The van der Waals surface area contributed by atoms with Crippen molar-refractivity contribution in [2.24, 2.45) is 0 Å². The molecule has 0 spiro atoms. The maximum absolute atomic E-state index is 13.0. The first-order chi connectivity index (χ1) is 27.3. The molecular weight excluding hydrogens is 753 g/mol. The predicted octanol–water partition coefficient (Wildman–Crippen LogP) is 6.58. The Bertz CT molecular complexity index is 1120. The highest BCUT2D eigenvalue weighted by Gasteiger charge is 2.51. The van der Waals surface area contributed by atoms with Gasteiger partial charge >= 0.3 is 7.82 Å². The van der Waals surface area contributed by atoms with Crippen molar-refractivity contribution >= 4 is 13.7 Å². The highest BCUT2D eigenvalue weighted by molar-refractivity contribution is 7.47. The molecule has 13 nitrogen and oxygen atoms in total. The lowest BCUT2D eigenvalue weighted by Crippen LogP contribution is -2.64. The van der Waals surface area contributed by atoms with Gasteiger partial charge in [-0.3, -0.25) is 13.8 Å². The summed E-state index contributed by atoms with van der Waals surface area (Å²) in [5, 5.41) is 74.3. The summed E-state index contributed by atoms with van der Waals surface area (Å²) < 4.78 is 22.8. The number of amides is 1. The number of phosphoric ester groups is 1. The molecule has 1 amide bonds. The van der Waals surface area contributed by atoms with Gasteiger partial charge in [0.05, 0.1) is 31.3 Å². The van der Waals surface area contributed by atoms with Crippen LogP contribution in [0.3, 0.4) is 0 Å². The molecule has 14 heteroatoms. The molecule has 0 radical (unpaired) electrons. The van der Waals surface area contributed by atoms with E-state index in [1.165, 1.54) is 70.3 Å². The summed E-state index contributed by atoms with van der Waals surface area (Å²) in [6, 6.07) is -1.24. The summed E-state index contributed by atoms with van der Waals surface area (Å²) in [4.78, 5) is 23.4. The molecule has 1 aliphatic carbocycles. The fraction of sp³-hybridized carbons (Fsp3) is 0.837. The fourth-order valence-electron chi connectivity index (χ4n) is 6.80. The minimum Gasteiger partial charge on any atom is -0.393 e. The maximum Gasteiger partial charge on any atom is 0.472 e. The first kappa shape index (κ1) is 53.5. The first-order valence-electron chi connectivity index (χ1n) is 22.0. The molecule has 57 heavy (non-hydrogen) atoms. The van der Waals surface area contributed by atoms with E-state index in [1.54, 1.807) is 6.08 Å². The van der Waals surface area contributed by atoms with Gasteiger partial charge in [0, 0.05) is 0 Å². The smallest absolute Gasteiger partial charge is 0.393 e. The number of nitrogens with one attached hydrogen (secondary N) is 1. The minimum absolute atomic E-state index is 0.255. The molecule has 8 unspecified atom stereocenters. The number of carbonyl (C=O) groups excluding carboxylic acids is 1. The molecule has 0 aromatic heterocycles. The van der Waals surface area contributed by atoms with E-state index in [0.717, 1.165) is 70.6 Å². The van der Waals surface area contributed by atoms with Gasteiger partial charge in [-0.2, -0.15) is 0 Å². The van der Waals surface area contributed by atoms with Gasteiger partial charge in [-0.25, -0.2) is 4.57 Å². The number of unbranched alkanes of at least 4 members (excludes halogenated alkanes) is 18. The molecule has 0 saturated heterocycles. The van der Waals surface area contributed by atoms with Crippen LogP contribution in [-0.4, -0.2) is 108 Å². The zero-order valence-corrected chi connectivity index (χ0v) is 35.9. The number of phosphoric acid groups is 1. The Morgan fingerprint density at radius 3 is 1.61 bits per heavy atom. The maximum atomic E-state index is 13.0. The predicted molar refractivity (Wildman–Crippen MR) is 224 cm³/mol. The number of hydrogen-bond donors (Lipinski definition) is 9. The van der Waals surface area contributed by atoms with Gasteiger partial charge in [0.25, 0.3) is 0 Å². The van der Waals surface area contributed by atoms with Crippen LogP contribution in [0, 0.1) is 0 Å². The third kappa shape index (κ3) is 25.7. The van der Waals surface area contributed by atoms with Gasteiger partial charge in [-0.15, -0.1) is 0 Å². The average Bonchev–Trinajstić information content (AvgIpc) is 3.18. The monoisotopic (exact) mass is 834 g/mol. The van der Waals surface area contributed by atoms with E-state index < -0.39 is 75.2 Å². The molecule has 8 atom stereocenters. The minimum atomic E-state index is -5.14. The molecule has 9 N–H and O–H groups in total.